The van der Waals surface area contributed by atoms with Crippen LogP contribution in [0, 0.1) is 0 Å². The standard InChI is InChI=1S/4C12H20O4.2Ca/c4*1-2-3-4-5-6-7-10-16-12(15)9-8-11(13)14;;/h4*7,10H,2-6,8-9H2,1H3,(H,13,14);;/q;;;;2*+2/p-4. The molecule has 0 heterocycles. The number of carboxylic acids is 4. The Labute approximate surface area is 453 Å². The quantitative estimate of drug-likeness (QED) is 0.0250. The van der Waals surface area contributed by atoms with Crippen LogP contribution in [0.1, 0.15) is 207 Å². The van der Waals surface area contributed by atoms with Crippen LogP contribution in [0.4, 0.5) is 0 Å². The molecule has 18 heteroatoms. The van der Waals surface area contributed by atoms with Crippen LogP contribution in [0.15, 0.2) is 49.4 Å². The van der Waals surface area contributed by atoms with Crippen molar-refractivity contribution < 1.29 is 77.7 Å². The number of unbranched alkanes of at least 4 members (excludes halogenated alkanes) is 16. The second kappa shape index (κ2) is 62.2. The largest absolute Gasteiger partial charge is 2.00 e. The van der Waals surface area contributed by atoms with Gasteiger partial charge in [0.1, 0.15) is 0 Å². The van der Waals surface area contributed by atoms with Gasteiger partial charge in [-0.05, 0) is 101 Å². The van der Waals surface area contributed by atoms with Crippen LogP contribution < -0.4 is 20.4 Å². The minimum atomic E-state index is -1.24. The number of esters is 4. The molecule has 0 spiro atoms. The zero-order valence-corrected chi connectivity index (χ0v) is 44.8. The molecule has 0 aromatic rings. The van der Waals surface area contributed by atoms with Crippen LogP contribution in [0.25, 0.3) is 0 Å². The summed E-state index contributed by atoms with van der Waals surface area (Å²) in [5.74, 6) is -7.08. The van der Waals surface area contributed by atoms with Crippen LogP contribution in [0.5, 0.6) is 0 Å². The first-order chi connectivity index (χ1) is 30.7. The fraction of sp³-hybridized carbons (Fsp3) is 0.667. The summed E-state index contributed by atoms with van der Waals surface area (Å²) in [6, 6.07) is 0. The maximum atomic E-state index is 10.9. The smallest absolute Gasteiger partial charge is 0.550 e. The van der Waals surface area contributed by atoms with E-state index in [2.05, 4.69) is 46.6 Å². The molecule has 0 aromatic carbocycles. The Balaban J connectivity index is -0.000000180. The minimum Gasteiger partial charge on any atom is -0.550 e. The van der Waals surface area contributed by atoms with Crippen molar-refractivity contribution in [1.29, 1.82) is 0 Å². The van der Waals surface area contributed by atoms with Crippen LogP contribution in [-0.4, -0.2) is 123 Å². The first-order valence-electron chi connectivity index (χ1n) is 22.8. The fourth-order valence-electron chi connectivity index (χ4n) is 4.58. The van der Waals surface area contributed by atoms with Gasteiger partial charge >= 0.3 is 99.4 Å². The van der Waals surface area contributed by atoms with E-state index in [0.29, 0.717) is 0 Å². The van der Waals surface area contributed by atoms with Crippen LogP contribution in [-0.2, 0) is 57.3 Å². The first-order valence-corrected chi connectivity index (χ1v) is 22.8. The van der Waals surface area contributed by atoms with E-state index in [-0.39, 0.29) is 127 Å². The molecule has 0 rings (SSSR count). The van der Waals surface area contributed by atoms with Crippen molar-refractivity contribution in [3.8, 4) is 0 Å². The summed E-state index contributed by atoms with van der Waals surface area (Å²) >= 11 is 0. The monoisotopic (exact) mass is 988 g/mol. The Kier molecular flexibility index (Phi) is 70.5. The molecule has 0 fully saturated rings. The predicted molar refractivity (Wildman–Crippen MR) is 244 cm³/mol. The van der Waals surface area contributed by atoms with Crippen LogP contribution in [0.2, 0.25) is 0 Å². The Bertz CT molecular complexity index is 1150. The third kappa shape index (κ3) is 78.4. The van der Waals surface area contributed by atoms with E-state index in [0.717, 1.165) is 51.4 Å². The summed E-state index contributed by atoms with van der Waals surface area (Å²) in [5.41, 5.74) is 0. The Morgan fingerprint density at radius 3 is 0.636 bits per heavy atom. The topological polar surface area (TPSA) is 266 Å². The van der Waals surface area contributed by atoms with Crippen molar-refractivity contribution in [2.75, 3.05) is 0 Å². The van der Waals surface area contributed by atoms with E-state index >= 15 is 0 Å². The van der Waals surface area contributed by atoms with Crippen LogP contribution >= 0.6 is 0 Å². The molecule has 0 radical (unpaired) electrons. The molecule has 0 atom stereocenters. The molecule has 0 N–H and O–H groups in total. The van der Waals surface area contributed by atoms with E-state index in [9.17, 15) is 58.8 Å². The van der Waals surface area contributed by atoms with E-state index in [1.165, 1.54) is 102 Å². The number of carboxylic acid groups (broad SMARTS) is 4. The third-order valence-corrected chi connectivity index (χ3v) is 8.21. The van der Waals surface area contributed by atoms with Crippen molar-refractivity contribution in [3.63, 3.8) is 0 Å². The van der Waals surface area contributed by atoms with Gasteiger partial charge in [-0.1, -0.05) is 105 Å². The SMILES string of the molecule is CCCCCCC=COC(=O)CCC(=O)[O-].CCCCCCC=COC(=O)CCC(=O)[O-].CCCCCCC=COC(=O)CCC(=O)[O-].CCCCCCC=COC(=O)CCC(=O)[O-].[Ca+2].[Ca+2]. The van der Waals surface area contributed by atoms with E-state index in [1.54, 1.807) is 24.3 Å². The number of ether oxygens (including phenoxy) is 4. The summed E-state index contributed by atoms with van der Waals surface area (Å²) in [4.78, 5) is 83.8. The molecule has 0 aliphatic carbocycles. The minimum absolute atomic E-state index is 0. The number of aliphatic carboxylic acids is 4. The molecule has 0 bridgehead atoms. The van der Waals surface area contributed by atoms with Gasteiger partial charge in [0.2, 0.25) is 0 Å². The molecule has 0 saturated heterocycles. The second-order valence-corrected chi connectivity index (χ2v) is 14.3. The number of carbonyl (C=O) groups is 8. The van der Waals surface area contributed by atoms with Crippen LogP contribution in [0.3, 0.4) is 0 Å². The number of carbonyl (C=O) groups excluding carboxylic acids is 8. The molecule has 0 amide bonds. The average Bonchev–Trinajstić information content (AvgIpc) is 3.25. The Morgan fingerprint density at radius 2 is 0.485 bits per heavy atom. The van der Waals surface area contributed by atoms with Gasteiger partial charge in [-0.15, -0.1) is 0 Å². The molecule has 66 heavy (non-hydrogen) atoms. The van der Waals surface area contributed by atoms with Crippen molar-refractivity contribution in [1.82, 2.24) is 0 Å². The van der Waals surface area contributed by atoms with E-state index in [1.807, 2.05) is 0 Å². The van der Waals surface area contributed by atoms with Gasteiger partial charge in [0, 0.05) is 23.9 Å². The third-order valence-electron chi connectivity index (χ3n) is 8.21. The zero-order valence-electron chi connectivity index (χ0n) is 40.4. The second-order valence-electron chi connectivity index (χ2n) is 14.3. The van der Waals surface area contributed by atoms with E-state index in [4.69, 9.17) is 0 Å². The number of hydrogen-bond donors (Lipinski definition) is 0. The van der Waals surface area contributed by atoms with Gasteiger partial charge in [-0.25, -0.2) is 0 Å². The Morgan fingerprint density at radius 1 is 0.303 bits per heavy atom. The molecule has 0 aliphatic rings. The summed E-state index contributed by atoms with van der Waals surface area (Å²) in [5, 5.41) is 40.2. The predicted octanol–water partition coefficient (Wildman–Crippen LogP) is 5.41. The van der Waals surface area contributed by atoms with Crippen molar-refractivity contribution in [3.05, 3.63) is 49.4 Å². The van der Waals surface area contributed by atoms with Gasteiger partial charge < -0.3 is 58.6 Å². The van der Waals surface area contributed by atoms with Gasteiger partial charge in [0.05, 0.1) is 50.7 Å². The molecule has 368 valence electrons. The molecule has 16 nitrogen and oxygen atoms in total. The zero-order chi connectivity index (χ0) is 48.9. The summed E-state index contributed by atoms with van der Waals surface area (Å²) < 4.78 is 18.8. The van der Waals surface area contributed by atoms with Crippen molar-refractivity contribution in [2.45, 2.75) is 207 Å². The molecule has 0 unspecified atom stereocenters. The average molecular weight is 989 g/mol. The molecular weight excluding hydrogens is 913 g/mol. The molecule has 0 aromatic heterocycles. The first kappa shape index (κ1) is 74.8. The Hall–Kier alpha value is -2.76. The van der Waals surface area contributed by atoms with Gasteiger partial charge in [0.25, 0.3) is 0 Å². The summed E-state index contributed by atoms with van der Waals surface area (Å²) in [7, 11) is 0. The number of allylic oxidation sites excluding steroid dienone is 4. The maximum Gasteiger partial charge on any atom is 2.00 e. The molecular formula is C48H76Ca2O16. The van der Waals surface area contributed by atoms with Gasteiger partial charge in [-0.3, -0.25) is 19.2 Å². The normalized spacial score (nSPS) is 10.2. The number of hydrogen-bond acceptors (Lipinski definition) is 16. The number of rotatable bonds is 36. The van der Waals surface area contributed by atoms with Gasteiger partial charge in [0.15, 0.2) is 0 Å². The molecule has 0 aliphatic heterocycles. The molecule has 0 saturated carbocycles. The van der Waals surface area contributed by atoms with Crippen molar-refractivity contribution in [2.24, 2.45) is 0 Å². The summed E-state index contributed by atoms with van der Waals surface area (Å²) in [6.45, 7) is 8.59. The van der Waals surface area contributed by atoms with Gasteiger partial charge in [-0.2, -0.15) is 0 Å². The van der Waals surface area contributed by atoms with Crippen molar-refractivity contribution >= 4 is 123 Å². The summed E-state index contributed by atoms with van der Waals surface area (Å²) in [6.07, 6.45) is 33.0. The van der Waals surface area contributed by atoms with E-state index < -0.39 is 47.8 Å². The fourth-order valence-corrected chi connectivity index (χ4v) is 4.58. The maximum absolute atomic E-state index is 10.9.